The number of nitrogens with zero attached hydrogens (tertiary/aromatic N) is 8. The molecule has 9 heterocycles. The zero-order valence-corrected chi connectivity index (χ0v) is 54.3. The van der Waals surface area contributed by atoms with Gasteiger partial charge in [0.15, 0.2) is 11.6 Å². The van der Waals surface area contributed by atoms with Gasteiger partial charge < -0.3 is 43.0 Å². The van der Waals surface area contributed by atoms with Gasteiger partial charge in [-0.25, -0.2) is 47.5 Å². The first-order valence-electron chi connectivity index (χ1n) is 29.5. The molecule has 10 aromatic rings. The van der Waals surface area contributed by atoms with Crippen LogP contribution in [-0.4, -0.2) is 79.2 Å². The number of pyridine rings is 3. The van der Waals surface area contributed by atoms with Gasteiger partial charge in [0.25, 0.3) is 34.4 Å². The second-order valence-corrected chi connectivity index (χ2v) is 23.1. The highest BCUT2D eigenvalue weighted by atomic mass is 35.5. The molecule has 31 heteroatoms. The van der Waals surface area contributed by atoms with Crippen molar-refractivity contribution >= 4 is 87.2 Å². The Morgan fingerprint density at radius 3 is 1.33 bits per heavy atom. The third kappa shape index (κ3) is 16.1. The summed E-state index contributed by atoms with van der Waals surface area (Å²) in [5.74, 6) is -2.80. The number of H-pyrrole nitrogens is 1. The molecule has 0 spiro atoms. The minimum absolute atomic E-state index is 0.0370. The van der Waals surface area contributed by atoms with Crippen LogP contribution in [0.25, 0.3) is 0 Å². The highest BCUT2D eigenvalue weighted by molar-refractivity contribution is 6.44. The minimum atomic E-state index is -1.12. The van der Waals surface area contributed by atoms with Crippen molar-refractivity contribution in [2.24, 2.45) is 11.7 Å². The summed E-state index contributed by atoms with van der Waals surface area (Å²) >= 11 is 11.3. The molecule has 14 rings (SSSR count). The normalized spacial score (nSPS) is 17.8. The molecular weight excluding hydrogens is 1340 g/mol. The van der Waals surface area contributed by atoms with Crippen molar-refractivity contribution in [2.75, 3.05) is 16.4 Å². The Morgan fingerprint density at radius 1 is 0.520 bits per heavy atom. The third-order valence-corrected chi connectivity index (χ3v) is 16.2. The van der Waals surface area contributed by atoms with E-state index >= 15 is 0 Å². The third-order valence-electron chi connectivity index (χ3n) is 15.6. The fraction of sp³-hybridized carbons (Fsp3) is 0.116. The highest BCUT2D eigenvalue weighted by Gasteiger charge is 2.53. The molecule has 10 N–H and O–H groups in total. The number of allylic oxidation sites excluding steroid dienone is 3. The Balaban J connectivity index is 0.000000148. The lowest BCUT2D eigenvalue weighted by molar-refractivity contribution is -0.119. The standard InChI is InChI=1S/2C18H14FN5O2.C15H11ClFNO2.C8H7FO.C6H5ClN2O2.C4H5N3/c2*1-18(11-2-4-12(19)5-3-11)23-16(25)14-7-6-13(17(26)24(14)18)22-15-8-9-20-10-21-15;1-15(8-2-4-9(17)5-3-8)12-10(14(20)18-15)6-7-11(16)13(12)19;1-6(10)7-2-4-8(9)5-3-7;7-3-1-2-4(5(8)10)9-6(3)11;5-4-1-2-6-3-7-4/h2*2-10H,1H3,(H,23,25)(H,20,21,22);2-7,12H,1H3,(H,18,20);2-5H,1H3;1-2H,(H2,8,10)(H,9,11);1-3H,(H2,5,6,7). The molecule has 6 aromatic heterocycles. The van der Waals surface area contributed by atoms with Gasteiger partial charge in [-0.3, -0.25) is 52.3 Å². The Kier molecular flexibility index (Phi) is 21.9. The van der Waals surface area contributed by atoms with Gasteiger partial charge >= 0.3 is 0 Å². The number of carbonyl (C=O) groups excluding carboxylic acids is 6. The van der Waals surface area contributed by atoms with Crippen LogP contribution in [0.4, 0.5) is 46.4 Å². The minimum Gasteiger partial charge on any atom is -0.384 e. The van der Waals surface area contributed by atoms with Crippen LogP contribution in [0.2, 0.25) is 5.02 Å². The molecule has 0 saturated carbocycles. The maximum atomic E-state index is 13.3. The van der Waals surface area contributed by atoms with E-state index < -0.39 is 57.0 Å². The van der Waals surface area contributed by atoms with E-state index in [0.29, 0.717) is 45.3 Å². The molecule has 4 amide bonds. The number of carbonyl (C=O) groups is 6. The summed E-state index contributed by atoms with van der Waals surface area (Å²) in [6, 6.07) is 36.3. The molecule has 25 nitrogen and oxygen atoms in total. The Morgan fingerprint density at radius 2 is 0.950 bits per heavy atom. The molecule has 1 fully saturated rings. The Hall–Kier alpha value is -12.6. The largest absolute Gasteiger partial charge is 0.384 e. The number of Topliss-reactive ketones (excluding diaryl/α,β-unsaturated/α-hetero) is 2. The van der Waals surface area contributed by atoms with Crippen LogP contribution < -0.4 is 54.7 Å². The van der Waals surface area contributed by atoms with E-state index in [0.717, 1.165) is 0 Å². The van der Waals surface area contributed by atoms with E-state index in [1.54, 1.807) is 112 Å². The van der Waals surface area contributed by atoms with Crippen LogP contribution in [0.3, 0.4) is 0 Å². The SMILES string of the molecule is CC(=O)c1ccc(F)cc1.CC1(c2ccc(F)cc2)NC(=O)C2=CC=C(Cl)C(=O)C21.CC1(c2ccc(F)cc2)NC(=O)c2ccc(Nc3ccncn3)c(=O)n21.CC1(c2ccc(F)cc2)NC(=O)c2ccc(Nc3ccncn3)c(=O)n21.NC(=O)c1ccc(Cl)c(=O)[nH]1.Nc1ccncn1. The van der Waals surface area contributed by atoms with Crippen LogP contribution >= 0.6 is 23.2 Å². The lowest BCUT2D eigenvalue weighted by Crippen LogP contribution is -2.45. The lowest BCUT2D eigenvalue weighted by Gasteiger charge is -2.31. The van der Waals surface area contributed by atoms with Gasteiger partial charge in [0.2, 0.25) is 5.91 Å². The topological polar surface area (TPSA) is 369 Å². The van der Waals surface area contributed by atoms with Crippen molar-refractivity contribution in [3.05, 3.63) is 311 Å². The Bertz CT molecular complexity index is 4830. The zero-order chi connectivity index (χ0) is 72.2. The summed E-state index contributed by atoms with van der Waals surface area (Å²) in [6.45, 7) is 6.60. The monoisotopic (exact) mass is 1400 g/mol. The first-order chi connectivity index (χ1) is 47.6. The van der Waals surface area contributed by atoms with Crippen LogP contribution in [0.1, 0.15) is 86.2 Å². The number of primary amides is 1. The van der Waals surface area contributed by atoms with Gasteiger partial charge in [0, 0.05) is 29.7 Å². The van der Waals surface area contributed by atoms with Crippen LogP contribution in [-0.2, 0) is 26.5 Å². The van der Waals surface area contributed by atoms with Gasteiger partial charge in [-0.15, -0.1) is 0 Å². The summed E-state index contributed by atoms with van der Waals surface area (Å²) < 4.78 is 54.6. The zero-order valence-electron chi connectivity index (χ0n) is 52.8. The molecule has 3 aliphatic heterocycles. The quantitative estimate of drug-likeness (QED) is 0.0495. The molecule has 4 aliphatic rings. The predicted octanol–water partition coefficient (Wildman–Crippen LogP) is 8.60. The molecule has 0 bridgehead atoms. The molecule has 0 radical (unpaired) electrons. The molecule has 1 aliphatic carbocycles. The van der Waals surface area contributed by atoms with Crippen molar-refractivity contribution in [3.63, 3.8) is 0 Å². The lowest BCUT2D eigenvalue weighted by atomic mass is 9.75. The number of anilines is 5. The van der Waals surface area contributed by atoms with Crippen molar-refractivity contribution in [1.82, 2.24) is 60.0 Å². The number of fused-ring (bicyclic) bond motifs is 3. The van der Waals surface area contributed by atoms with E-state index in [2.05, 4.69) is 61.5 Å². The van der Waals surface area contributed by atoms with E-state index in [4.69, 9.17) is 34.7 Å². The maximum Gasteiger partial charge on any atom is 0.277 e. The van der Waals surface area contributed by atoms with Gasteiger partial charge in [-0.05, 0) is 166 Å². The number of halogens is 6. The molecule has 4 aromatic carbocycles. The van der Waals surface area contributed by atoms with Gasteiger partial charge in [-0.2, -0.15) is 0 Å². The molecule has 4 atom stereocenters. The average Bonchev–Trinajstić information content (AvgIpc) is 1.59. The molecular formula is C69H56Cl2F4N16O9. The highest BCUT2D eigenvalue weighted by Crippen LogP contribution is 2.44. The number of aromatic amines is 1. The number of nitrogens with one attached hydrogen (secondary N) is 6. The Labute approximate surface area is 574 Å². The van der Waals surface area contributed by atoms with Crippen molar-refractivity contribution in [3.8, 4) is 0 Å². The summed E-state index contributed by atoms with van der Waals surface area (Å²) in [4.78, 5) is 132. The van der Waals surface area contributed by atoms with Crippen LogP contribution in [0.5, 0.6) is 0 Å². The van der Waals surface area contributed by atoms with E-state index in [9.17, 15) is 60.7 Å². The summed E-state index contributed by atoms with van der Waals surface area (Å²) in [7, 11) is 0. The summed E-state index contributed by atoms with van der Waals surface area (Å²) in [5.41, 5.74) is 9.44. The number of benzene rings is 4. The van der Waals surface area contributed by atoms with Gasteiger partial charge in [0.05, 0.1) is 16.5 Å². The van der Waals surface area contributed by atoms with Crippen molar-refractivity contribution in [2.45, 2.75) is 44.6 Å². The summed E-state index contributed by atoms with van der Waals surface area (Å²) in [6.07, 6.45) is 11.8. The molecule has 508 valence electrons. The van der Waals surface area contributed by atoms with Crippen LogP contribution in [0.15, 0.2) is 226 Å². The fourth-order valence-electron chi connectivity index (χ4n) is 10.5. The number of aromatic nitrogens is 9. The summed E-state index contributed by atoms with van der Waals surface area (Å²) in [5, 5.41) is 14.4. The smallest absolute Gasteiger partial charge is 0.277 e. The predicted molar refractivity (Wildman–Crippen MR) is 361 cm³/mol. The molecule has 4 unspecified atom stereocenters. The van der Waals surface area contributed by atoms with E-state index in [1.165, 1.54) is 126 Å². The number of nitrogen functional groups attached to an aromatic ring is 1. The number of nitrogens with two attached hydrogens (primary N) is 2. The number of ketones is 2. The number of rotatable bonds is 9. The molecule has 100 heavy (non-hydrogen) atoms. The molecule has 1 saturated heterocycles. The number of hydrogen-bond donors (Lipinski definition) is 8. The second kappa shape index (κ2) is 30.6. The average molecular weight is 1400 g/mol. The maximum absolute atomic E-state index is 13.3. The van der Waals surface area contributed by atoms with Crippen LogP contribution in [0, 0.1) is 29.2 Å². The van der Waals surface area contributed by atoms with E-state index in [1.807, 2.05) is 0 Å². The second-order valence-electron chi connectivity index (χ2n) is 22.3. The van der Waals surface area contributed by atoms with Gasteiger partial charge in [-0.1, -0.05) is 65.7 Å². The van der Waals surface area contributed by atoms with Crippen molar-refractivity contribution in [1.29, 1.82) is 0 Å². The van der Waals surface area contributed by atoms with Gasteiger partial charge in [0.1, 0.15) is 105 Å². The van der Waals surface area contributed by atoms with E-state index in [-0.39, 0.29) is 79.4 Å². The number of amides is 4. The number of hydrogen-bond acceptors (Lipinski definition) is 18. The van der Waals surface area contributed by atoms with Crippen molar-refractivity contribution < 1.29 is 46.3 Å². The fourth-order valence-corrected chi connectivity index (χ4v) is 10.8. The first kappa shape index (κ1) is 71.7. The first-order valence-corrected chi connectivity index (χ1v) is 30.3.